The smallest absolute Gasteiger partial charge is 0.251 e. The summed E-state index contributed by atoms with van der Waals surface area (Å²) in [4.78, 5) is 39.1. The molecule has 1 saturated carbocycles. The Morgan fingerprint density at radius 1 is 1.00 bits per heavy atom. The van der Waals surface area contributed by atoms with E-state index in [9.17, 15) is 14.0 Å². The van der Waals surface area contributed by atoms with Crippen LogP contribution in [0.2, 0.25) is 0 Å². The van der Waals surface area contributed by atoms with Gasteiger partial charge in [0.25, 0.3) is 5.91 Å². The van der Waals surface area contributed by atoms with Gasteiger partial charge >= 0.3 is 0 Å². The fourth-order valence-electron chi connectivity index (χ4n) is 4.68. The predicted octanol–water partition coefficient (Wildman–Crippen LogP) is 2.30. The lowest BCUT2D eigenvalue weighted by Gasteiger charge is -2.35. The number of carbonyl (C=O) groups is 2. The number of hydrogen-bond acceptors (Lipinski definition) is 6. The molecule has 8 nitrogen and oxygen atoms in total. The molecule has 2 aromatic carbocycles. The van der Waals surface area contributed by atoms with Crippen LogP contribution in [-0.4, -0.2) is 83.4 Å². The Morgan fingerprint density at radius 3 is 2.35 bits per heavy atom. The van der Waals surface area contributed by atoms with Crippen LogP contribution >= 0.6 is 0 Å². The Bertz CT molecular complexity index is 1210. The van der Waals surface area contributed by atoms with Gasteiger partial charge in [0, 0.05) is 68.2 Å². The van der Waals surface area contributed by atoms with E-state index in [0.29, 0.717) is 31.0 Å². The van der Waals surface area contributed by atoms with Crippen LogP contribution in [0.15, 0.2) is 67.0 Å². The molecule has 2 N–H and O–H groups in total. The first-order chi connectivity index (χ1) is 18.0. The topological polar surface area (TPSA) is 90.5 Å². The number of nitrogens with zero attached hydrogens (tertiary/aromatic N) is 4. The zero-order valence-corrected chi connectivity index (χ0v) is 20.8. The summed E-state index contributed by atoms with van der Waals surface area (Å²) in [6.45, 7) is 3.20. The maximum Gasteiger partial charge on any atom is 0.251 e. The first-order valence-electron chi connectivity index (χ1n) is 12.6. The van der Waals surface area contributed by atoms with Crippen LogP contribution in [0.25, 0.3) is 11.4 Å². The number of aromatic nitrogens is 2. The second-order valence-electron chi connectivity index (χ2n) is 9.71. The van der Waals surface area contributed by atoms with E-state index in [-0.39, 0.29) is 29.6 Å². The highest BCUT2D eigenvalue weighted by atomic mass is 19.1. The van der Waals surface area contributed by atoms with Gasteiger partial charge in [-0.3, -0.25) is 9.59 Å². The van der Waals surface area contributed by atoms with E-state index >= 15 is 0 Å². The molecule has 1 aliphatic heterocycles. The number of amides is 2. The van der Waals surface area contributed by atoms with Gasteiger partial charge in [0.05, 0.1) is 0 Å². The number of carbonyl (C=O) groups excluding carboxylic acids is 2. The SMILES string of the molecule is CN1CCN(C(=O)C(CN[C@@H]2C[C@H]2c2ccc(F)cc2)NC(=O)c2ccc(-c3ncccn3)cc2)CC1. The van der Waals surface area contributed by atoms with E-state index < -0.39 is 6.04 Å². The van der Waals surface area contributed by atoms with Crippen LogP contribution in [0.1, 0.15) is 28.3 Å². The van der Waals surface area contributed by atoms with Gasteiger partial charge in [-0.15, -0.1) is 0 Å². The standard InChI is InChI=1S/C28H31FN6O2/c1-34-13-15-35(16-14-34)28(37)25(18-32-24-17-23(24)19-7-9-22(29)10-8-19)33-27(36)21-5-3-20(4-6-21)26-30-11-2-12-31-26/h2-12,23-25,32H,13-18H2,1H3,(H,33,36)/t23-,24+,25?/m0/s1. The molecule has 2 fully saturated rings. The number of piperazine rings is 1. The minimum Gasteiger partial charge on any atom is -0.339 e. The summed E-state index contributed by atoms with van der Waals surface area (Å²) in [6.07, 6.45) is 4.26. The van der Waals surface area contributed by atoms with Gasteiger partial charge < -0.3 is 20.4 Å². The van der Waals surface area contributed by atoms with Crippen molar-refractivity contribution in [3.05, 3.63) is 83.9 Å². The lowest BCUT2D eigenvalue weighted by Crippen LogP contribution is -2.57. The Labute approximate surface area is 215 Å². The molecule has 9 heteroatoms. The molecule has 0 bridgehead atoms. The molecule has 1 aliphatic carbocycles. The van der Waals surface area contributed by atoms with Crippen LogP contribution in [0.5, 0.6) is 0 Å². The van der Waals surface area contributed by atoms with Gasteiger partial charge in [0.2, 0.25) is 5.91 Å². The Balaban J connectivity index is 1.24. The van der Waals surface area contributed by atoms with Crippen molar-refractivity contribution in [2.75, 3.05) is 39.8 Å². The maximum absolute atomic E-state index is 13.4. The van der Waals surface area contributed by atoms with E-state index in [1.165, 1.54) is 12.1 Å². The summed E-state index contributed by atoms with van der Waals surface area (Å²) in [5.74, 6) is 0.229. The van der Waals surface area contributed by atoms with Crippen LogP contribution in [0, 0.1) is 5.82 Å². The normalized spacial score (nSPS) is 20.3. The Kier molecular flexibility index (Phi) is 7.52. The van der Waals surface area contributed by atoms with Gasteiger partial charge in [-0.2, -0.15) is 0 Å². The van der Waals surface area contributed by atoms with E-state index in [0.717, 1.165) is 30.6 Å². The Hall–Kier alpha value is -3.69. The van der Waals surface area contributed by atoms with Gasteiger partial charge in [-0.25, -0.2) is 14.4 Å². The quantitative estimate of drug-likeness (QED) is 0.491. The number of likely N-dealkylation sites (N-methyl/N-ethyl adjacent to an activating group) is 1. The second-order valence-corrected chi connectivity index (χ2v) is 9.71. The number of benzene rings is 2. The highest BCUT2D eigenvalue weighted by Gasteiger charge is 2.39. The Morgan fingerprint density at radius 2 is 1.68 bits per heavy atom. The van der Waals surface area contributed by atoms with E-state index in [4.69, 9.17) is 0 Å². The molecule has 192 valence electrons. The van der Waals surface area contributed by atoms with Crippen LogP contribution < -0.4 is 10.6 Å². The molecule has 0 radical (unpaired) electrons. The first-order valence-corrected chi connectivity index (χ1v) is 12.6. The third-order valence-electron chi connectivity index (χ3n) is 7.06. The van der Waals surface area contributed by atoms with E-state index in [1.54, 1.807) is 54.9 Å². The van der Waals surface area contributed by atoms with Crippen molar-refractivity contribution >= 4 is 11.8 Å². The summed E-state index contributed by atoms with van der Waals surface area (Å²) >= 11 is 0. The summed E-state index contributed by atoms with van der Waals surface area (Å²) in [5.41, 5.74) is 2.35. The monoisotopic (exact) mass is 502 g/mol. The first kappa shape index (κ1) is 25.0. The molecule has 2 heterocycles. The third-order valence-corrected chi connectivity index (χ3v) is 7.06. The highest BCUT2D eigenvalue weighted by Crippen LogP contribution is 2.40. The van der Waals surface area contributed by atoms with Crippen molar-refractivity contribution in [1.29, 1.82) is 0 Å². The lowest BCUT2D eigenvalue weighted by molar-refractivity contribution is -0.134. The largest absolute Gasteiger partial charge is 0.339 e. The van der Waals surface area contributed by atoms with Crippen molar-refractivity contribution in [1.82, 2.24) is 30.4 Å². The molecule has 1 saturated heterocycles. The zero-order valence-electron chi connectivity index (χ0n) is 20.8. The molecule has 1 aromatic heterocycles. The molecular formula is C28H31FN6O2. The van der Waals surface area contributed by atoms with Crippen LogP contribution in [-0.2, 0) is 4.79 Å². The molecule has 0 spiro atoms. The molecule has 1 unspecified atom stereocenters. The molecule has 37 heavy (non-hydrogen) atoms. The average molecular weight is 503 g/mol. The molecule has 3 aromatic rings. The molecule has 2 amide bonds. The fraction of sp³-hybridized carbons (Fsp3) is 0.357. The number of halogens is 1. The third kappa shape index (κ3) is 6.18. The van der Waals surface area contributed by atoms with Gasteiger partial charge in [0.15, 0.2) is 5.82 Å². The maximum atomic E-state index is 13.4. The average Bonchev–Trinajstić information content (AvgIpc) is 3.71. The van der Waals surface area contributed by atoms with Gasteiger partial charge in [0.1, 0.15) is 11.9 Å². The highest BCUT2D eigenvalue weighted by molar-refractivity contribution is 5.98. The van der Waals surface area contributed by atoms with Gasteiger partial charge in [-0.05, 0) is 49.4 Å². The van der Waals surface area contributed by atoms with Crippen molar-refractivity contribution in [3.8, 4) is 11.4 Å². The number of hydrogen-bond donors (Lipinski definition) is 2. The minimum atomic E-state index is -0.692. The summed E-state index contributed by atoms with van der Waals surface area (Å²) in [5, 5.41) is 6.41. The number of rotatable bonds is 8. The molecular weight excluding hydrogens is 471 g/mol. The van der Waals surface area contributed by atoms with Crippen molar-refractivity contribution in [2.45, 2.75) is 24.4 Å². The van der Waals surface area contributed by atoms with E-state index in [1.807, 2.05) is 11.9 Å². The van der Waals surface area contributed by atoms with Crippen LogP contribution in [0.4, 0.5) is 4.39 Å². The predicted molar refractivity (Wildman–Crippen MR) is 138 cm³/mol. The summed E-state index contributed by atoms with van der Waals surface area (Å²) < 4.78 is 13.3. The van der Waals surface area contributed by atoms with Crippen molar-refractivity contribution < 1.29 is 14.0 Å². The fourth-order valence-corrected chi connectivity index (χ4v) is 4.68. The van der Waals surface area contributed by atoms with Crippen molar-refractivity contribution in [3.63, 3.8) is 0 Å². The van der Waals surface area contributed by atoms with E-state index in [2.05, 4.69) is 25.5 Å². The summed E-state index contributed by atoms with van der Waals surface area (Å²) in [6, 6.07) is 14.8. The summed E-state index contributed by atoms with van der Waals surface area (Å²) in [7, 11) is 2.04. The van der Waals surface area contributed by atoms with Gasteiger partial charge in [-0.1, -0.05) is 24.3 Å². The molecule has 2 aliphatic rings. The minimum absolute atomic E-state index is 0.0813. The molecule has 5 rings (SSSR count). The lowest BCUT2D eigenvalue weighted by atomic mass is 10.1. The number of nitrogens with one attached hydrogen (secondary N) is 2. The molecule has 3 atom stereocenters. The van der Waals surface area contributed by atoms with Crippen LogP contribution in [0.3, 0.4) is 0 Å². The zero-order chi connectivity index (χ0) is 25.8. The second kappa shape index (κ2) is 11.1. The van der Waals surface area contributed by atoms with Crippen molar-refractivity contribution in [2.24, 2.45) is 0 Å².